The molecule has 0 bridgehead atoms. The molecule has 2 aromatic rings. The first kappa shape index (κ1) is 17.9. The van der Waals surface area contributed by atoms with Crippen molar-refractivity contribution in [2.45, 2.75) is 46.1 Å². The van der Waals surface area contributed by atoms with Gasteiger partial charge in [-0.15, -0.1) is 0 Å². The van der Waals surface area contributed by atoms with Gasteiger partial charge in [-0.1, -0.05) is 25.5 Å². The van der Waals surface area contributed by atoms with Crippen LogP contribution in [0.25, 0.3) is 0 Å². The molecule has 0 saturated heterocycles. The summed E-state index contributed by atoms with van der Waals surface area (Å²) in [6.45, 7) is 6.09. The number of ether oxygens (including phenoxy) is 1. The van der Waals surface area contributed by atoms with Crippen molar-refractivity contribution in [3.05, 3.63) is 48.5 Å². The van der Waals surface area contributed by atoms with Gasteiger partial charge in [0.05, 0.1) is 11.8 Å². The van der Waals surface area contributed by atoms with Crippen LogP contribution in [-0.4, -0.2) is 12.0 Å². The third-order valence-corrected chi connectivity index (χ3v) is 3.45. The molecule has 0 aliphatic carbocycles. The van der Waals surface area contributed by atoms with E-state index in [0.717, 1.165) is 35.7 Å². The highest BCUT2D eigenvalue weighted by Crippen LogP contribution is 2.28. The lowest BCUT2D eigenvalue weighted by Crippen LogP contribution is -2.10. The van der Waals surface area contributed by atoms with Crippen LogP contribution in [0.1, 0.15) is 40.0 Å². The van der Waals surface area contributed by atoms with Gasteiger partial charge in [0, 0.05) is 17.8 Å². The second-order valence-corrected chi connectivity index (χ2v) is 6.02. The number of nitrogens with one attached hydrogen (secondary N) is 2. The maximum Gasteiger partial charge on any atom is 0.224 e. The topological polar surface area (TPSA) is 50.4 Å². The van der Waals surface area contributed by atoms with E-state index in [1.807, 2.05) is 62.4 Å². The van der Waals surface area contributed by atoms with Crippen molar-refractivity contribution in [2.24, 2.45) is 0 Å². The summed E-state index contributed by atoms with van der Waals surface area (Å²) in [4.78, 5) is 11.8. The summed E-state index contributed by atoms with van der Waals surface area (Å²) in [6, 6.07) is 15.6. The van der Waals surface area contributed by atoms with Gasteiger partial charge < -0.3 is 15.4 Å². The average molecular weight is 326 g/mol. The smallest absolute Gasteiger partial charge is 0.224 e. The first-order chi connectivity index (χ1) is 11.6. The minimum Gasteiger partial charge on any atom is -0.489 e. The minimum atomic E-state index is 0.0632. The van der Waals surface area contributed by atoms with Crippen molar-refractivity contribution >= 4 is 23.0 Å². The van der Waals surface area contributed by atoms with Crippen LogP contribution in [0.3, 0.4) is 0 Å². The average Bonchev–Trinajstić information content (AvgIpc) is 2.56. The van der Waals surface area contributed by atoms with Gasteiger partial charge in [0.2, 0.25) is 5.91 Å². The van der Waals surface area contributed by atoms with E-state index in [4.69, 9.17) is 4.74 Å². The SMILES string of the molecule is CCCCC(=O)Nc1ccc(Nc2ccccc2OC(C)C)cc1. The molecule has 0 fully saturated rings. The van der Waals surface area contributed by atoms with Gasteiger partial charge in [0.15, 0.2) is 0 Å². The van der Waals surface area contributed by atoms with Crippen LogP contribution >= 0.6 is 0 Å². The van der Waals surface area contributed by atoms with Gasteiger partial charge in [0.25, 0.3) is 0 Å². The van der Waals surface area contributed by atoms with Crippen LogP contribution in [0, 0.1) is 0 Å². The predicted octanol–water partition coefficient (Wildman–Crippen LogP) is 5.35. The zero-order valence-corrected chi connectivity index (χ0v) is 14.6. The highest BCUT2D eigenvalue weighted by Gasteiger charge is 2.06. The highest BCUT2D eigenvalue weighted by atomic mass is 16.5. The van der Waals surface area contributed by atoms with Crippen LogP contribution in [0.15, 0.2) is 48.5 Å². The molecule has 0 unspecified atom stereocenters. The fraction of sp³-hybridized carbons (Fsp3) is 0.350. The van der Waals surface area contributed by atoms with Crippen LogP contribution < -0.4 is 15.4 Å². The van der Waals surface area contributed by atoms with E-state index in [2.05, 4.69) is 17.6 Å². The zero-order valence-electron chi connectivity index (χ0n) is 14.6. The molecule has 0 aliphatic heterocycles. The molecule has 1 amide bonds. The summed E-state index contributed by atoms with van der Waals surface area (Å²) in [5, 5.41) is 6.27. The molecular formula is C20H26N2O2. The van der Waals surface area contributed by atoms with Crippen molar-refractivity contribution in [3.63, 3.8) is 0 Å². The maximum atomic E-state index is 11.8. The van der Waals surface area contributed by atoms with Crippen molar-refractivity contribution in [2.75, 3.05) is 10.6 Å². The molecule has 0 spiro atoms. The van der Waals surface area contributed by atoms with Crippen LogP contribution in [0.5, 0.6) is 5.75 Å². The van der Waals surface area contributed by atoms with E-state index in [1.54, 1.807) is 0 Å². The van der Waals surface area contributed by atoms with Gasteiger partial charge in [0.1, 0.15) is 5.75 Å². The summed E-state index contributed by atoms with van der Waals surface area (Å²) >= 11 is 0. The molecular weight excluding hydrogens is 300 g/mol. The van der Waals surface area contributed by atoms with Gasteiger partial charge in [-0.3, -0.25) is 4.79 Å². The summed E-state index contributed by atoms with van der Waals surface area (Å²) in [5.41, 5.74) is 2.68. The molecule has 0 aliphatic rings. The summed E-state index contributed by atoms with van der Waals surface area (Å²) in [7, 11) is 0. The molecule has 2 N–H and O–H groups in total. The quantitative estimate of drug-likeness (QED) is 0.688. The molecule has 0 aromatic heterocycles. The van der Waals surface area contributed by atoms with Gasteiger partial charge in [-0.25, -0.2) is 0 Å². The fourth-order valence-corrected chi connectivity index (χ4v) is 2.28. The Morgan fingerprint density at radius 3 is 2.38 bits per heavy atom. The number of rotatable bonds is 8. The number of carbonyl (C=O) groups excluding carboxylic acids is 1. The standard InChI is InChI=1S/C20H26N2O2/c1-4-5-10-20(23)22-17-13-11-16(12-14-17)21-18-8-6-7-9-19(18)24-15(2)3/h6-9,11-15,21H,4-5,10H2,1-3H3,(H,22,23). The molecule has 0 radical (unpaired) electrons. The lowest BCUT2D eigenvalue weighted by molar-refractivity contribution is -0.116. The van der Waals surface area contributed by atoms with E-state index in [9.17, 15) is 4.79 Å². The highest BCUT2D eigenvalue weighted by molar-refractivity contribution is 5.90. The van der Waals surface area contributed by atoms with Crippen LogP contribution in [0.4, 0.5) is 17.1 Å². The van der Waals surface area contributed by atoms with Gasteiger partial charge in [-0.05, 0) is 56.7 Å². The van der Waals surface area contributed by atoms with E-state index in [1.165, 1.54) is 0 Å². The van der Waals surface area contributed by atoms with E-state index in [-0.39, 0.29) is 12.0 Å². The van der Waals surface area contributed by atoms with Crippen LogP contribution in [0.2, 0.25) is 0 Å². The van der Waals surface area contributed by atoms with E-state index in [0.29, 0.717) is 6.42 Å². The second kappa shape index (κ2) is 8.96. The number of amides is 1. The molecule has 2 aromatic carbocycles. The molecule has 2 rings (SSSR count). The first-order valence-electron chi connectivity index (χ1n) is 8.51. The summed E-state index contributed by atoms with van der Waals surface area (Å²) in [6.07, 6.45) is 2.62. The fourth-order valence-electron chi connectivity index (χ4n) is 2.28. The molecule has 0 heterocycles. The van der Waals surface area contributed by atoms with Crippen LogP contribution in [-0.2, 0) is 4.79 Å². The Labute approximate surface area is 144 Å². The zero-order chi connectivity index (χ0) is 17.4. The Morgan fingerprint density at radius 1 is 1.04 bits per heavy atom. The van der Waals surface area contributed by atoms with E-state index < -0.39 is 0 Å². The van der Waals surface area contributed by atoms with Gasteiger partial charge >= 0.3 is 0 Å². The molecule has 128 valence electrons. The molecule has 24 heavy (non-hydrogen) atoms. The second-order valence-electron chi connectivity index (χ2n) is 6.02. The van der Waals surface area contributed by atoms with Crippen molar-refractivity contribution in [3.8, 4) is 5.75 Å². The Kier molecular flexibility index (Phi) is 6.67. The molecule has 0 saturated carbocycles. The van der Waals surface area contributed by atoms with Gasteiger partial charge in [-0.2, -0.15) is 0 Å². The van der Waals surface area contributed by atoms with Crippen molar-refractivity contribution in [1.29, 1.82) is 0 Å². The first-order valence-corrected chi connectivity index (χ1v) is 8.51. The number of hydrogen-bond acceptors (Lipinski definition) is 3. The number of benzene rings is 2. The molecule has 4 heteroatoms. The number of para-hydroxylation sites is 2. The Morgan fingerprint density at radius 2 is 1.71 bits per heavy atom. The minimum absolute atomic E-state index is 0.0632. The lowest BCUT2D eigenvalue weighted by Gasteiger charge is -2.15. The molecule has 4 nitrogen and oxygen atoms in total. The van der Waals surface area contributed by atoms with Crippen molar-refractivity contribution in [1.82, 2.24) is 0 Å². The Hall–Kier alpha value is -2.49. The van der Waals surface area contributed by atoms with Crippen molar-refractivity contribution < 1.29 is 9.53 Å². The third-order valence-electron chi connectivity index (χ3n) is 3.45. The monoisotopic (exact) mass is 326 g/mol. The number of unbranched alkanes of at least 4 members (excludes halogenated alkanes) is 1. The predicted molar refractivity (Wildman–Crippen MR) is 100 cm³/mol. The summed E-state index contributed by atoms with van der Waals surface area (Å²) in [5.74, 6) is 0.887. The normalized spacial score (nSPS) is 10.5. The third kappa shape index (κ3) is 5.61. The largest absolute Gasteiger partial charge is 0.489 e. The summed E-state index contributed by atoms with van der Waals surface area (Å²) < 4.78 is 5.81. The number of anilines is 3. The maximum absolute atomic E-state index is 11.8. The number of carbonyl (C=O) groups is 1. The Balaban J connectivity index is 2.00. The number of hydrogen-bond donors (Lipinski definition) is 2. The lowest BCUT2D eigenvalue weighted by atomic mass is 10.2. The van der Waals surface area contributed by atoms with E-state index >= 15 is 0 Å². The molecule has 0 atom stereocenters. The Bertz CT molecular complexity index is 651.